The van der Waals surface area contributed by atoms with Gasteiger partial charge in [0, 0.05) is 24.6 Å². The number of benzene rings is 2. The van der Waals surface area contributed by atoms with Crippen LogP contribution in [0.1, 0.15) is 29.7 Å². The molecule has 190 valence electrons. The van der Waals surface area contributed by atoms with Crippen LogP contribution in [0.15, 0.2) is 66.9 Å². The van der Waals surface area contributed by atoms with Crippen LogP contribution in [0.3, 0.4) is 0 Å². The Bertz CT molecular complexity index is 1210. The fourth-order valence-corrected chi connectivity index (χ4v) is 3.96. The van der Waals surface area contributed by atoms with Gasteiger partial charge in [-0.25, -0.2) is 13.2 Å². The number of carbonyl (C=O) groups is 1. The van der Waals surface area contributed by atoms with E-state index in [1.54, 1.807) is 24.3 Å². The predicted octanol–water partition coefficient (Wildman–Crippen LogP) is 6.17. The van der Waals surface area contributed by atoms with E-state index in [0.29, 0.717) is 23.6 Å². The molecule has 1 unspecified atom stereocenters. The summed E-state index contributed by atoms with van der Waals surface area (Å²) in [4.78, 5) is 17.4. The molecule has 1 saturated carbocycles. The highest BCUT2D eigenvalue weighted by molar-refractivity contribution is 6.30. The number of rotatable bonds is 10. The maximum absolute atomic E-state index is 14.8. The molecule has 1 N–H and O–H groups in total. The molecule has 36 heavy (non-hydrogen) atoms. The highest BCUT2D eigenvalue weighted by atomic mass is 35.5. The summed E-state index contributed by atoms with van der Waals surface area (Å²) in [6, 6.07) is 15.4. The van der Waals surface area contributed by atoms with Gasteiger partial charge in [-0.05, 0) is 48.2 Å². The van der Waals surface area contributed by atoms with Gasteiger partial charge >= 0.3 is 12.3 Å². The van der Waals surface area contributed by atoms with E-state index in [-0.39, 0.29) is 23.8 Å². The van der Waals surface area contributed by atoms with Gasteiger partial charge in [0.25, 0.3) is 0 Å². The van der Waals surface area contributed by atoms with Crippen LogP contribution >= 0.6 is 11.6 Å². The molecule has 1 aliphatic carbocycles. The van der Waals surface area contributed by atoms with Crippen molar-refractivity contribution in [1.82, 2.24) is 10.3 Å². The minimum atomic E-state index is -4.43. The van der Waals surface area contributed by atoms with Crippen molar-refractivity contribution in [2.75, 3.05) is 6.61 Å². The Labute approximate surface area is 209 Å². The van der Waals surface area contributed by atoms with Crippen molar-refractivity contribution in [2.24, 2.45) is 5.92 Å². The number of halogens is 6. The third-order valence-electron chi connectivity index (χ3n) is 5.88. The van der Waals surface area contributed by atoms with Crippen molar-refractivity contribution in [3.8, 4) is 5.75 Å². The summed E-state index contributed by atoms with van der Waals surface area (Å²) in [6.45, 7) is -1.65. The average molecular weight is 525 g/mol. The number of amides is 1. The zero-order chi connectivity index (χ0) is 25.9. The first-order chi connectivity index (χ1) is 17.1. The molecule has 0 aliphatic heterocycles. The molecular formula is C26H22ClF5N2O2. The Morgan fingerprint density at radius 3 is 2.44 bits per heavy atom. The van der Waals surface area contributed by atoms with Crippen LogP contribution < -0.4 is 10.1 Å². The smallest absolute Gasteiger partial charge is 0.340 e. The first kappa shape index (κ1) is 25.9. The van der Waals surface area contributed by atoms with Crippen LogP contribution in [0.25, 0.3) is 0 Å². The lowest BCUT2D eigenvalue weighted by Crippen LogP contribution is -2.49. The van der Waals surface area contributed by atoms with Crippen LogP contribution in [0.5, 0.6) is 5.75 Å². The summed E-state index contributed by atoms with van der Waals surface area (Å²) in [7, 11) is 0. The van der Waals surface area contributed by atoms with Gasteiger partial charge in [0.2, 0.25) is 5.91 Å². The molecule has 0 saturated heterocycles. The van der Waals surface area contributed by atoms with E-state index in [0.717, 1.165) is 17.7 Å². The topological polar surface area (TPSA) is 51.2 Å². The second-order valence-corrected chi connectivity index (χ2v) is 9.16. The zero-order valence-electron chi connectivity index (χ0n) is 18.9. The zero-order valence-corrected chi connectivity index (χ0v) is 19.6. The maximum Gasteiger partial charge on any atom is 0.340 e. The highest BCUT2D eigenvalue weighted by Crippen LogP contribution is 2.38. The summed E-state index contributed by atoms with van der Waals surface area (Å²) in [6.07, 6.45) is -1.06. The molecule has 4 rings (SSSR count). The van der Waals surface area contributed by atoms with Crippen LogP contribution in [0.2, 0.25) is 5.02 Å². The number of pyridine rings is 1. The van der Waals surface area contributed by atoms with Crippen LogP contribution in [-0.2, 0) is 16.8 Å². The van der Waals surface area contributed by atoms with E-state index in [1.807, 2.05) is 18.2 Å². The van der Waals surface area contributed by atoms with Gasteiger partial charge in [-0.1, -0.05) is 41.9 Å². The normalized spacial score (nSPS) is 15.4. The number of ether oxygens (including phenoxy) is 1. The first-order valence-corrected chi connectivity index (χ1v) is 11.5. The molecule has 3 aromatic rings. The van der Waals surface area contributed by atoms with Gasteiger partial charge in [0.05, 0.1) is 10.7 Å². The lowest BCUT2D eigenvalue weighted by Gasteiger charge is -2.36. The fourth-order valence-electron chi connectivity index (χ4n) is 3.84. The second-order valence-electron chi connectivity index (χ2n) is 8.72. The molecule has 0 radical (unpaired) electrons. The molecule has 1 heterocycles. The quantitative estimate of drug-likeness (QED) is 0.323. The summed E-state index contributed by atoms with van der Waals surface area (Å²) >= 11 is 6.03. The maximum atomic E-state index is 14.8. The molecule has 1 atom stereocenters. The number of nitrogens with one attached hydrogen (secondary N) is 1. The number of carbonyl (C=O) groups excluding carboxylic acids is 1. The van der Waals surface area contributed by atoms with Crippen molar-refractivity contribution in [3.05, 3.63) is 94.5 Å². The van der Waals surface area contributed by atoms with Gasteiger partial charge in [-0.3, -0.25) is 9.78 Å². The molecule has 2 aromatic carbocycles. The molecule has 4 nitrogen and oxygen atoms in total. The van der Waals surface area contributed by atoms with Crippen molar-refractivity contribution < 1.29 is 31.5 Å². The average Bonchev–Trinajstić information content (AvgIpc) is 3.69. The molecule has 1 aliphatic rings. The fraction of sp³-hybridized carbons (Fsp3) is 0.308. The van der Waals surface area contributed by atoms with Crippen LogP contribution in [-0.4, -0.2) is 29.8 Å². The third-order valence-corrected chi connectivity index (χ3v) is 6.10. The van der Waals surface area contributed by atoms with Crippen molar-refractivity contribution in [2.45, 2.75) is 37.1 Å². The summed E-state index contributed by atoms with van der Waals surface area (Å²) in [5.41, 5.74) is -0.220. The van der Waals surface area contributed by atoms with Gasteiger partial charge in [0.15, 0.2) is 6.61 Å². The molecule has 1 amide bonds. The summed E-state index contributed by atoms with van der Waals surface area (Å²) in [5.74, 6) is -6.18. The monoisotopic (exact) mass is 524 g/mol. The molecule has 0 spiro atoms. The Morgan fingerprint density at radius 1 is 1.11 bits per heavy atom. The molecule has 1 fully saturated rings. The van der Waals surface area contributed by atoms with E-state index in [9.17, 15) is 26.7 Å². The van der Waals surface area contributed by atoms with Gasteiger partial charge < -0.3 is 10.1 Å². The Balaban J connectivity index is 1.84. The SMILES string of the molecule is O=C(NC(Cc1ccccc1)(c1cc(F)cc(OCC(F)(F)C(F)F)c1)c1ccc(Cl)cn1)C1CC1. The van der Waals surface area contributed by atoms with E-state index >= 15 is 0 Å². The van der Waals surface area contributed by atoms with E-state index in [2.05, 4.69) is 10.3 Å². The molecule has 1 aromatic heterocycles. The lowest BCUT2D eigenvalue weighted by atomic mass is 9.80. The number of hydrogen-bond acceptors (Lipinski definition) is 3. The minimum Gasteiger partial charge on any atom is -0.487 e. The number of nitrogens with zero attached hydrogens (tertiary/aromatic N) is 1. The van der Waals surface area contributed by atoms with Gasteiger partial charge in [-0.2, -0.15) is 8.78 Å². The standard InChI is InChI=1S/C26H22ClF5N2O2/c27-19-8-9-22(33-14-19)25(34-23(35)17-6-7-17,13-16-4-2-1-3-5-16)18-10-20(28)12-21(11-18)36-15-26(31,32)24(29)30/h1-5,8-12,14,17,24H,6-7,13,15H2,(H,34,35). The predicted molar refractivity (Wildman–Crippen MR) is 124 cm³/mol. The number of alkyl halides is 4. The number of aromatic nitrogens is 1. The lowest BCUT2D eigenvalue weighted by molar-refractivity contribution is -0.148. The third kappa shape index (κ3) is 5.95. The second kappa shape index (κ2) is 10.4. The van der Waals surface area contributed by atoms with Gasteiger partial charge in [0.1, 0.15) is 17.1 Å². The molecule has 0 bridgehead atoms. The molecular weight excluding hydrogens is 503 g/mol. The van der Waals surface area contributed by atoms with E-state index < -0.39 is 36.1 Å². The highest BCUT2D eigenvalue weighted by Gasteiger charge is 2.43. The Hall–Kier alpha value is -3.20. The Morgan fingerprint density at radius 2 is 1.83 bits per heavy atom. The van der Waals surface area contributed by atoms with Crippen LogP contribution in [0.4, 0.5) is 22.0 Å². The minimum absolute atomic E-state index is 0.122. The molecule has 10 heteroatoms. The van der Waals surface area contributed by atoms with Crippen molar-refractivity contribution >= 4 is 17.5 Å². The van der Waals surface area contributed by atoms with E-state index in [1.165, 1.54) is 12.3 Å². The Kier molecular flexibility index (Phi) is 7.49. The van der Waals surface area contributed by atoms with Crippen LogP contribution in [0, 0.1) is 11.7 Å². The number of hydrogen-bond donors (Lipinski definition) is 1. The largest absolute Gasteiger partial charge is 0.487 e. The van der Waals surface area contributed by atoms with Crippen molar-refractivity contribution in [1.29, 1.82) is 0 Å². The summed E-state index contributed by atoms with van der Waals surface area (Å²) in [5, 5.41) is 3.33. The van der Waals surface area contributed by atoms with Gasteiger partial charge in [-0.15, -0.1) is 0 Å². The van der Waals surface area contributed by atoms with E-state index in [4.69, 9.17) is 16.3 Å². The summed E-state index contributed by atoms with van der Waals surface area (Å²) < 4.78 is 71.9. The van der Waals surface area contributed by atoms with Crippen molar-refractivity contribution in [3.63, 3.8) is 0 Å². The first-order valence-electron chi connectivity index (χ1n) is 11.2.